The number of anilines is 1. The van der Waals surface area contributed by atoms with Crippen molar-refractivity contribution in [3.05, 3.63) is 53.1 Å². The Morgan fingerprint density at radius 1 is 1.17 bits per heavy atom. The van der Waals surface area contributed by atoms with Crippen molar-refractivity contribution in [2.45, 2.75) is 20.8 Å². The summed E-state index contributed by atoms with van der Waals surface area (Å²) in [5.74, 6) is 0.280. The van der Waals surface area contributed by atoms with Crippen molar-refractivity contribution in [1.29, 1.82) is 0 Å². The quantitative estimate of drug-likeness (QED) is 0.727. The molecule has 2 aromatic carbocycles. The molecule has 2 amide bonds. The van der Waals surface area contributed by atoms with Crippen LogP contribution in [0.1, 0.15) is 28.4 Å². The Hall–Kier alpha value is -3.35. The predicted octanol–water partition coefficient (Wildman–Crippen LogP) is 2.43. The van der Waals surface area contributed by atoms with Crippen molar-refractivity contribution >= 4 is 23.3 Å². The van der Waals surface area contributed by atoms with E-state index in [0.717, 1.165) is 11.1 Å². The molecular weight excluding hydrogens is 372 g/mol. The highest BCUT2D eigenvalue weighted by molar-refractivity contribution is 6.04. The second kappa shape index (κ2) is 8.77. The van der Waals surface area contributed by atoms with Crippen LogP contribution in [0, 0.1) is 13.8 Å². The number of Topliss-reactive ketones (excluding diaryl/α,β-unsaturated/α-hetero) is 1. The molecule has 1 N–H and O–H groups in total. The van der Waals surface area contributed by atoms with Crippen LogP contribution in [-0.2, 0) is 9.59 Å². The van der Waals surface area contributed by atoms with Crippen LogP contribution in [-0.4, -0.2) is 43.9 Å². The standard InChI is InChI=1S/C22H24N2O5/c1-4-23-21(26)11-24-17-10-16(7-8-19(17)29-13-22(24)27)18(25)12-28-20-9-14(2)5-6-15(20)3/h5-10H,4,11-13H2,1-3H3,(H,23,26). The van der Waals surface area contributed by atoms with Gasteiger partial charge in [0.1, 0.15) is 18.0 Å². The van der Waals surface area contributed by atoms with Gasteiger partial charge in [-0.15, -0.1) is 0 Å². The Morgan fingerprint density at radius 3 is 2.72 bits per heavy atom. The summed E-state index contributed by atoms with van der Waals surface area (Å²) in [6.45, 7) is 5.75. The molecule has 0 fully saturated rings. The number of hydrogen-bond acceptors (Lipinski definition) is 5. The van der Waals surface area contributed by atoms with E-state index in [0.29, 0.717) is 29.3 Å². The van der Waals surface area contributed by atoms with Crippen LogP contribution < -0.4 is 19.7 Å². The summed E-state index contributed by atoms with van der Waals surface area (Å²) in [6.07, 6.45) is 0. The van der Waals surface area contributed by atoms with Gasteiger partial charge in [-0.1, -0.05) is 12.1 Å². The lowest BCUT2D eigenvalue weighted by Gasteiger charge is -2.29. The predicted molar refractivity (Wildman–Crippen MR) is 109 cm³/mol. The first kappa shape index (κ1) is 20.4. The molecule has 0 spiro atoms. The Kier molecular flexibility index (Phi) is 6.16. The fourth-order valence-corrected chi connectivity index (χ4v) is 3.04. The van der Waals surface area contributed by atoms with Gasteiger partial charge >= 0.3 is 0 Å². The monoisotopic (exact) mass is 396 g/mol. The second-order valence-corrected chi connectivity index (χ2v) is 6.89. The third-order valence-corrected chi connectivity index (χ3v) is 4.60. The van der Waals surface area contributed by atoms with E-state index < -0.39 is 0 Å². The fraction of sp³-hybridized carbons (Fsp3) is 0.318. The van der Waals surface area contributed by atoms with E-state index in [1.54, 1.807) is 25.1 Å². The molecule has 2 aromatic rings. The van der Waals surface area contributed by atoms with Crippen LogP contribution in [0.15, 0.2) is 36.4 Å². The van der Waals surface area contributed by atoms with E-state index in [9.17, 15) is 14.4 Å². The molecule has 0 saturated heterocycles. The average molecular weight is 396 g/mol. The van der Waals surface area contributed by atoms with Crippen molar-refractivity contribution in [1.82, 2.24) is 5.32 Å². The van der Waals surface area contributed by atoms with Gasteiger partial charge in [-0.3, -0.25) is 19.3 Å². The first-order chi connectivity index (χ1) is 13.9. The van der Waals surface area contributed by atoms with Crippen molar-refractivity contribution in [2.24, 2.45) is 0 Å². The highest BCUT2D eigenvalue weighted by Crippen LogP contribution is 2.33. The molecule has 0 radical (unpaired) electrons. The summed E-state index contributed by atoms with van der Waals surface area (Å²) < 4.78 is 11.1. The first-order valence-corrected chi connectivity index (χ1v) is 9.46. The van der Waals surface area contributed by atoms with E-state index in [-0.39, 0.29) is 37.4 Å². The molecule has 7 heteroatoms. The molecule has 0 aliphatic carbocycles. The molecule has 0 saturated carbocycles. The Morgan fingerprint density at radius 2 is 1.97 bits per heavy atom. The normalized spacial score (nSPS) is 12.8. The Labute approximate surface area is 169 Å². The molecule has 0 bridgehead atoms. The molecule has 3 rings (SSSR count). The van der Waals surface area contributed by atoms with Gasteiger partial charge in [0.25, 0.3) is 5.91 Å². The number of fused-ring (bicyclic) bond motifs is 1. The van der Waals surface area contributed by atoms with Gasteiger partial charge in [-0.25, -0.2) is 0 Å². The SMILES string of the molecule is CCNC(=O)CN1C(=O)COc2ccc(C(=O)COc3cc(C)ccc3C)cc21. The largest absolute Gasteiger partial charge is 0.485 e. The third kappa shape index (κ3) is 4.74. The van der Waals surface area contributed by atoms with E-state index in [1.807, 2.05) is 32.0 Å². The van der Waals surface area contributed by atoms with Crippen molar-refractivity contribution in [3.63, 3.8) is 0 Å². The summed E-state index contributed by atoms with van der Waals surface area (Å²) in [7, 11) is 0. The molecule has 0 aromatic heterocycles. The number of ether oxygens (including phenoxy) is 2. The second-order valence-electron chi connectivity index (χ2n) is 6.89. The van der Waals surface area contributed by atoms with Crippen LogP contribution in [0.5, 0.6) is 11.5 Å². The molecule has 0 atom stereocenters. The highest BCUT2D eigenvalue weighted by atomic mass is 16.5. The van der Waals surface area contributed by atoms with Crippen LogP contribution in [0.4, 0.5) is 5.69 Å². The van der Waals surface area contributed by atoms with Crippen LogP contribution >= 0.6 is 0 Å². The van der Waals surface area contributed by atoms with Gasteiger partial charge < -0.3 is 14.8 Å². The maximum atomic E-state index is 12.7. The van der Waals surface area contributed by atoms with Gasteiger partial charge in [0, 0.05) is 12.1 Å². The highest BCUT2D eigenvalue weighted by Gasteiger charge is 2.28. The van der Waals surface area contributed by atoms with Crippen LogP contribution in [0.3, 0.4) is 0 Å². The Balaban J connectivity index is 1.78. The summed E-state index contributed by atoms with van der Waals surface area (Å²) >= 11 is 0. The lowest BCUT2D eigenvalue weighted by Crippen LogP contribution is -2.45. The van der Waals surface area contributed by atoms with Crippen LogP contribution in [0.25, 0.3) is 0 Å². The molecule has 7 nitrogen and oxygen atoms in total. The molecule has 152 valence electrons. The number of rotatable bonds is 7. The number of nitrogens with zero attached hydrogens (tertiary/aromatic N) is 1. The number of nitrogens with one attached hydrogen (secondary N) is 1. The third-order valence-electron chi connectivity index (χ3n) is 4.60. The van der Waals surface area contributed by atoms with Gasteiger partial charge in [-0.05, 0) is 56.2 Å². The Bertz CT molecular complexity index is 954. The fourth-order valence-electron chi connectivity index (χ4n) is 3.04. The van der Waals surface area contributed by atoms with E-state index >= 15 is 0 Å². The minimum atomic E-state index is -0.333. The van der Waals surface area contributed by atoms with Gasteiger partial charge in [-0.2, -0.15) is 0 Å². The van der Waals surface area contributed by atoms with Gasteiger partial charge in [0.15, 0.2) is 19.0 Å². The number of likely N-dealkylation sites (N-methyl/N-ethyl adjacent to an activating group) is 1. The van der Waals surface area contributed by atoms with E-state index in [4.69, 9.17) is 9.47 Å². The lowest BCUT2D eigenvalue weighted by molar-refractivity contribution is -0.125. The molecule has 1 aliphatic heterocycles. The average Bonchev–Trinajstić information content (AvgIpc) is 2.70. The summed E-state index contributed by atoms with van der Waals surface area (Å²) in [6, 6.07) is 10.6. The number of hydrogen-bond donors (Lipinski definition) is 1. The number of ketones is 1. The minimum absolute atomic E-state index is 0.125. The zero-order valence-electron chi connectivity index (χ0n) is 16.8. The first-order valence-electron chi connectivity index (χ1n) is 9.46. The maximum Gasteiger partial charge on any atom is 0.265 e. The number of carbonyl (C=O) groups is 3. The van der Waals surface area contributed by atoms with Crippen molar-refractivity contribution in [2.75, 3.05) is 31.2 Å². The lowest BCUT2D eigenvalue weighted by atomic mass is 10.1. The smallest absolute Gasteiger partial charge is 0.265 e. The van der Waals surface area contributed by atoms with Gasteiger partial charge in [0.2, 0.25) is 5.91 Å². The topological polar surface area (TPSA) is 84.9 Å². The summed E-state index contributed by atoms with van der Waals surface area (Å²) in [5.41, 5.74) is 2.78. The zero-order chi connectivity index (χ0) is 21.0. The van der Waals surface area contributed by atoms with Crippen LogP contribution in [0.2, 0.25) is 0 Å². The number of aryl methyl sites for hydroxylation is 2. The van der Waals surface area contributed by atoms with Crippen molar-refractivity contribution < 1.29 is 23.9 Å². The molecular formula is C22H24N2O5. The summed E-state index contributed by atoms with van der Waals surface area (Å²) in [5, 5.41) is 2.67. The minimum Gasteiger partial charge on any atom is -0.485 e. The molecule has 29 heavy (non-hydrogen) atoms. The molecule has 1 aliphatic rings. The number of amides is 2. The number of carbonyl (C=O) groups excluding carboxylic acids is 3. The van der Waals surface area contributed by atoms with Gasteiger partial charge in [0.05, 0.1) is 5.69 Å². The van der Waals surface area contributed by atoms with Crippen molar-refractivity contribution in [3.8, 4) is 11.5 Å². The molecule has 1 heterocycles. The maximum absolute atomic E-state index is 12.7. The molecule has 0 unspecified atom stereocenters. The van der Waals surface area contributed by atoms with E-state index in [1.165, 1.54) is 4.90 Å². The number of benzene rings is 2. The summed E-state index contributed by atoms with van der Waals surface area (Å²) in [4.78, 5) is 38.2. The zero-order valence-corrected chi connectivity index (χ0v) is 16.8. The van der Waals surface area contributed by atoms with E-state index in [2.05, 4.69) is 5.32 Å².